The van der Waals surface area contributed by atoms with E-state index in [1.165, 1.54) is 0 Å². The quantitative estimate of drug-likeness (QED) is 0.794. The Bertz CT molecular complexity index is 783. The molecule has 1 aliphatic carbocycles. The van der Waals surface area contributed by atoms with Gasteiger partial charge in [-0.05, 0) is 37.3 Å². The van der Waals surface area contributed by atoms with Gasteiger partial charge in [-0.2, -0.15) is 0 Å². The fourth-order valence-corrected chi connectivity index (χ4v) is 3.18. The number of fused-ring (bicyclic) bond motifs is 1. The smallest absolute Gasteiger partial charge is 0.259 e. The third kappa shape index (κ3) is 4.18. The van der Waals surface area contributed by atoms with E-state index in [0.29, 0.717) is 30.3 Å². The summed E-state index contributed by atoms with van der Waals surface area (Å²) in [4.78, 5) is 19.6. The molecule has 6 nitrogen and oxygen atoms in total. The van der Waals surface area contributed by atoms with Crippen molar-refractivity contribution in [2.45, 2.75) is 52.4 Å². The van der Waals surface area contributed by atoms with E-state index >= 15 is 0 Å². The molecule has 3 rings (SSSR count). The molecular formula is C19H29ClN4O2. The Balaban J connectivity index is 0.00000243. The first-order valence-electron chi connectivity index (χ1n) is 9.11. The predicted molar refractivity (Wildman–Crippen MR) is 105 cm³/mol. The highest BCUT2D eigenvalue weighted by atomic mass is 35.5. The molecule has 1 saturated carbocycles. The summed E-state index contributed by atoms with van der Waals surface area (Å²) in [5.74, 6) is 0.429. The molecule has 0 aromatic carbocycles. The third-order valence-electron chi connectivity index (χ3n) is 4.81. The van der Waals surface area contributed by atoms with Gasteiger partial charge in [0.05, 0.1) is 16.6 Å². The number of aryl methyl sites for hydroxylation is 1. The number of nitrogens with zero attached hydrogens (tertiary/aromatic N) is 3. The van der Waals surface area contributed by atoms with Gasteiger partial charge in [0.25, 0.3) is 11.6 Å². The van der Waals surface area contributed by atoms with Crippen LogP contribution in [0.1, 0.15) is 67.7 Å². The normalized spacial score (nSPS) is 14.3. The monoisotopic (exact) mass is 380 g/mol. The van der Waals surface area contributed by atoms with Gasteiger partial charge >= 0.3 is 0 Å². The van der Waals surface area contributed by atoms with Crippen molar-refractivity contribution in [1.82, 2.24) is 15.0 Å². The minimum Gasteiger partial charge on any atom is -0.341 e. The van der Waals surface area contributed by atoms with Crippen LogP contribution in [0.25, 0.3) is 11.1 Å². The van der Waals surface area contributed by atoms with E-state index in [1.807, 2.05) is 13.1 Å². The molecule has 2 N–H and O–H groups in total. The number of pyridine rings is 1. The highest BCUT2D eigenvalue weighted by Crippen LogP contribution is 2.40. The van der Waals surface area contributed by atoms with Gasteiger partial charge in [-0.3, -0.25) is 4.79 Å². The average molecular weight is 381 g/mol. The number of amides is 1. The molecule has 0 spiro atoms. The fourth-order valence-electron chi connectivity index (χ4n) is 3.18. The van der Waals surface area contributed by atoms with Crippen LogP contribution < -0.4 is 5.73 Å². The molecule has 0 aliphatic heterocycles. The zero-order valence-electron chi connectivity index (χ0n) is 16.0. The van der Waals surface area contributed by atoms with E-state index in [2.05, 4.69) is 30.9 Å². The average Bonchev–Trinajstić information content (AvgIpc) is 3.35. The lowest BCUT2D eigenvalue weighted by Crippen LogP contribution is -2.39. The van der Waals surface area contributed by atoms with Crippen molar-refractivity contribution >= 4 is 29.4 Å². The first-order valence-corrected chi connectivity index (χ1v) is 9.11. The molecular weight excluding hydrogens is 352 g/mol. The van der Waals surface area contributed by atoms with Gasteiger partial charge in [0.2, 0.25) is 0 Å². The minimum absolute atomic E-state index is 0. The second-order valence-electron chi connectivity index (χ2n) is 7.96. The Labute approximate surface area is 160 Å². The number of hydrogen-bond donors (Lipinski definition) is 1. The van der Waals surface area contributed by atoms with Gasteiger partial charge in [-0.25, -0.2) is 4.98 Å². The fraction of sp³-hybridized carbons (Fsp3) is 0.632. The number of rotatable bonds is 7. The van der Waals surface area contributed by atoms with Crippen molar-refractivity contribution in [2.24, 2.45) is 11.1 Å². The lowest BCUT2D eigenvalue weighted by atomic mass is 9.93. The van der Waals surface area contributed by atoms with Crippen molar-refractivity contribution in [3.8, 4) is 0 Å². The van der Waals surface area contributed by atoms with Crippen LogP contribution in [-0.4, -0.2) is 41.1 Å². The molecule has 2 aromatic heterocycles. The maximum atomic E-state index is 13.2. The molecule has 1 aliphatic rings. The Hall–Kier alpha value is -1.66. The van der Waals surface area contributed by atoms with Crippen molar-refractivity contribution in [2.75, 3.05) is 20.1 Å². The molecule has 0 unspecified atom stereocenters. The Kier molecular flexibility index (Phi) is 6.29. The van der Waals surface area contributed by atoms with Gasteiger partial charge in [0, 0.05) is 25.2 Å². The van der Waals surface area contributed by atoms with Gasteiger partial charge in [0.15, 0.2) is 0 Å². The zero-order valence-corrected chi connectivity index (χ0v) is 16.9. The summed E-state index contributed by atoms with van der Waals surface area (Å²) in [6, 6.07) is 1.95. The van der Waals surface area contributed by atoms with Crippen LogP contribution in [0.2, 0.25) is 0 Å². The SMILES string of the molecule is CCCc1noc2nc(C3CC3)cc(C(=O)N(C)CC(C)(C)CN)c12.Cl. The number of aromatic nitrogens is 2. The highest BCUT2D eigenvalue weighted by Gasteiger charge is 2.30. The summed E-state index contributed by atoms with van der Waals surface area (Å²) in [5, 5.41) is 4.94. The Morgan fingerprint density at radius 3 is 2.69 bits per heavy atom. The number of halogens is 1. The second-order valence-corrected chi connectivity index (χ2v) is 7.96. The van der Waals surface area contributed by atoms with E-state index in [4.69, 9.17) is 10.3 Å². The number of carbonyl (C=O) groups is 1. The lowest BCUT2D eigenvalue weighted by molar-refractivity contribution is 0.0742. The van der Waals surface area contributed by atoms with Crippen LogP contribution in [0, 0.1) is 5.41 Å². The van der Waals surface area contributed by atoms with Gasteiger partial charge in [-0.1, -0.05) is 32.3 Å². The first kappa shape index (κ1) is 20.6. The molecule has 1 fully saturated rings. The number of hydrogen-bond acceptors (Lipinski definition) is 5. The Morgan fingerprint density at radius 2 is 2.12 bits per heavy atom. The van der Waals surface area contributed by atoms with Crippen molar-refractivity contribution in [1.29, 1.82) is 0 Å². The molecule has 1 amide bonds. The first-order chi connectivity index (χ1) is 11.9. The molecule has 7 heteroatoms. The van der Waals surface area contributed by atoms with Crippen LogP contribution in [-0.2, 0) is 6.42 Å². The Morgan fingerprint density at radius 1 is 1.42 bits per heavy atom. The van der Waals surface area contributed by atoms with Crippen LogP contribution in [0.5, 0.6) is 0 Å². The third-order valence-corrected chi connectivity index (χ3v) is 4.81. The second kappa shape index (κ2) is 7.92. The van der Waals surface area contributed by atoms with Crippen LogP contribution in [0.15, 0.2) is 10.6 Å². The summed E-state index contributed by atoms with van der Waals surface area (Å²) < 4.78 is 5.46. The standard InChI is InChI=1S/C19H28N4O2.ClH/c1-5-6-14-16-13(18(24)23(4)11-19(2,3)10-20)9-15(12-7-8-12)21-17(16)25-22-14;/h9,12H,5-8,10-11,20H2,1-4H3;1H. The van der Waals surface area contributed by atoms with E-state index in [0.717, 1.165) is 42.5 Å². The predicted octanol–water partition coefficient (Wildman–Crippen LogP) is 3.53. The zero-order chi connectivity index (χ0) is 18.2. The minimum atomic E-state index is -0.128. The summed E-state index contributed by atoms with van der Waals surface area (Å²) in [6.45, 7) is 7.34. The van der Waals surface area contributed by atoms with Gasteiger partial charge in [0.1, 0.15) is 0 Å². The molecule has 0 atom stereocenters. The summed E-state index contributed by atoms with van der Waals surface area (Å²) in [5.41, 5.74) is 8.62. The van der Waals surface area contributed by atoms with Crippen molar-refractivity contribution < 1.29 is 9.32 Å². The maximum Gasteiger partial charge on any atom is 0.259 e. The highest BCUT2D eigenvalue weighted by molar-refractivity contribution is 6.06. The largest absolute Gasteiger partial charge is 0.341 e. The summed E-state index contributed by atoms with van der Waals surface area (Å²) in [6.07, 6.45) is 3.96. The van der Waals surface area contributed by atoms with E-state index < -0.39 is 0 Å². The molecule has 2 aromatic rings. The molecule has 26 heavy (non-hydrogen) atoms. The molecule has 2 heterocycles. The molecule has 144 valence electrons. The van der Waals surface area contributed by atoms with Crippen molar-refractivity contribution in [3.05, 3.63) is 23.0 Å². The summed E-state index contributed by atoms with van der Waals surface area (Å²) in [7, 11) is 1.83. The van der Waals surface area contributed by atoms with E-state index in [-0.39, 0.29) is 23.7 Å². The van der Waals surface area contributed by atoms with E-state index in [1.54, 1.807) is 4.90 Å². The molecule has 0 radical (unpaired) electrons. The van der Waals surface area contributed by atoms with Crippen LogP contribution in [0.4, 0.5) is 0 Å². The lowest BCUT2D eigenvalue weighted by Gasteiger charge is -2.29. The summed E-state index contributed by atoms with van der Waals surface area (Å²) >= 11 is 0. The number of carbonyl (C=O) groups excluding carboxylic acids is 1. The number of nitrogens with two attached hydrogens (primary N) is 1. The van der Waals surface area contributed by atoms with Gasteiger partial charge in [-0.15, -0.1) is 12.4 Å². The molecule has 0 bridgehead atoms. The van der Waals surface area contributed by atoms with Crippen molar-refractivity contribution in [3.63, 3.8) is 0 Å². The van der Waals surface area contributed by atoms with Gasteiger partial charge < -0.3 is 15.2 Å². The topological polar surface area (TPSA) is 85.2 Å². The van der Waals surface area contributed by atoms with Crippen LogP contribution >= 0.6 is 12.4 Å². The van der Waals surface area contributed by atoms with E-state index in [9.17, 15) is 4.79 Å². The van der Waals surface area contributed by atoms with Crippen LogP contribution in [0.3, 0.4) is 0 Å². The molecule has 0 saturated heterocycles. The maximum absolute atomic E-state index is 13.2.